The Labute approximate surface area is 141 Å². The van der Waals surface area contributed by atoms with E-state index in [9.17, 15) is 4.79 Å². The summed E-state index contributed by atoms with van der Waals surface area (Å²) in [7, 11) is 2.13. The third-order valence-electron chi connectivity index (χ3n) is 4.42. The first kappa shape index (κ1) is 16.4. The number of nitrogens with one attached hydrogen (secondary N) is 1. The van der Waals surface area contributed by atoms with Crippen LogP contribution in [0.25, 0.3) is 0 Å². The summed E-state index contributed by atoms with van der Waals surface area (Å²) in [6, 6.07) is 7.97. The Morgan fingerprint density at radius 2 is 2.29 bits per heavy atom. The fourth-order valence-corrected chi connectivity index (χ4v) is 3.06. The maximum atomic E-state index is 12.3. The van der Waals surface area contributed by atoms with Crippen LogP contribution in [0.5, 0.6) is 0 Å². The largest absolute Gasteiger partial charge is 0.363 e. The van der Waals surface area contributed by atoms with Gasteiger partial charge in [0.25, 0.3) is 0 Å². The van der Waals surface area contributed by atoms with Crippen molar-refractivity contribution in [2.75, 3.05) is 25.5 Å². The Morgan fingerprint density at radius 3 is 3.04 bits per heavy atom. The molecule has 7 heteroatoms. The smallest absolute Gasteiger partial charge is 0.323 e. The first-order chi connectivity index (χ1) is 11.7. The number of carbonyl (C=O) groups is 1. The van der Waals surface area contributed by atoms with Gasteiger partial charge in [-0.05, 0) is 38.4 Å². The molecule has 1 aliphatic rings. The second-order valence-corrected chi connectivity index (χ2v) is 6.12. The molecule has 1 saturated heterocycles. The van der Waals surface area contributed by atoms with E-state index < -0.39 is 0 Å². The summed E-state index contributed by atoms with van der Waals surface area (Å²) in [5, 5.41) is 6.48. The van der Waals surface area contributed by atoms with Gasteiger partial charge in [0.1, 0.15) is 6.26 Å². The number of urea groups is 1. The van der Waals surface area contributed by atoms with Crippen LogP contribution >= 0.6 is 0 Å². The predicted molar refractivity (Wildman–Crippen MR) is 90.4 cm³/mol. The molecule has 0 saturated carbocycles. The highest BCUT2D eigenvalue weighted by atomic mass is 16.5. The van der Waals surface area contributed by atoms with Crippen LogP contribution in [0, 0.1) is 0 Å². The van der Waals surface area contributed by atoms with Crippen LogP contribution in [0.15, 0.2) is 41.2 Å². The minimum absolute atomic E-state index is 0.114. The number of amides is 2. The average Bonchev–Trinajstić information content (AvgIpc) is 2.96. The van der Waals surface area contributed by atoms with Crippen molar-refractivity contribution in [1.82, 2.24) is 19.9 Å². The maximum absolute atomic E-state index is 12.3. The van der Waals surface area contributed by atoms with Gasteiger partial charge < -0.3 is 9.42 Å². The molecular weight excluding hydrogens is 306 g/mol. The Morgan fingerprint density at radius 1 is 1.38 bits per heavy atom. The summed E-state index contributed by atoms with van der Waals surface area (Å²) >= 11 is 0. The minimum Gasteiger partial charge on any atom is -0.363 e. The summed E-state index contributed by atoms with van der Waals surface area (Å²) < 4.78 is 4.74. The fourth-order valence-electron chi connectivity index (χ4n) is 3.06. The van der Waals surface area contributed by atoms with Crippen molar-refractivity contribution in [3.05, 3.63) is 42.4 Å². The highest BCUT2D eigenvalue weighted by molar-refractivity contribution is 5.88. The zero-order valence-corrected chi connectivity index (χ0v) is 13.9. The first-order valence-corrected chi connectivity index (χ1v) is 8.29. The topological polar surface area (TPSA) is 74.5 Å². The van der Waals surface area contributed by atoms with Gasteiger partial charge in [0.15, 0.2) is 5.82 Å². The Kier molecular flexibility index (Phi) is 5.43. The molecule has 128 valence electrons. The molecule has 2 aromatic rings. The van der Waals surface area contributed by atoms with E-state index in [1.165, 1.54) is 6.26 Å². The van der Waals surface area contributed by atoms with Gasteiger partial charge in [-0.1, -0.05) is 11.2 Å². The molecule has 3 rings (SSSR count). The van der Waals surface area contributed by atoms with Crippen molar-refractivity contribution in [1.29, 1.82) is 0 Å². The molecule has 1 aliphatic heterocycles. The molecule has 1 atom stereocenters. The van der Waals surface area contributed by atoms with E-state index in [0.29, 0.717) is 11.9 Å². The summed E-state index contributed by atoms with van der Waals surface area (Å²) in [4.78, 5) is 20.9. The van der Waals surface area contributed by atoms with Crippen LogP contribution in [-0.4, -0.2) is 52.2 Å². The van der Waals surface area contributed by atoms with Gasteiger partial charge in [-0.3, -0.25) is 15.2 Å². The van der Waals surface area contributed by atoms with Crippen LogP contribution in [0.4, 0.5) is 10.6 Å². The summed E-state index contributed by atoms with van der Waals surface area (Å²) in [5.74, 6) is 0.452. The third-order valence-corrected chi connectivity index (χ3v) is 4.42. The molecule has 0 bridgehead atoms. The number of nitrogens with zero attached hydrogens (tertiary/aromatic N) is 4. The molecule has 0 radical (unpaired) electrons. The molecule has 0 aromatic carbocycles. The quantitative estimate of drug-likeness (QED) is 0.933. The number of rotatable bonds is 4. The van der Waals surface area contributed by atoms with Gasteiger partial charge in [-0.2, -0.15) is 0 Å². The molecule has 3 heterocycles. The fraction of sp³-hybridized carbons (Fsp3) is 0.471. The van der Waals surface area contributed by atoms with E-state index in [2.05, 4.69) is 27.4 Å². The lowest BCUT2D eigenvalue weighted by Crippen LogP contribution is -2.37. The normalized spacial score (nSPS) is 18.4. The first-order valence-electron chi connectivity index (χ1n) is 8.29. The average molecular weight is 329 g/mol. The van der Waals surface area contributed by atoms with Crippen LogP contribution in [0.1, 0.15) is 25.0 Å². The van der Waals surface area contributed by atoms with E-state index >= 15 is 0 Å². The Bertz CT molecular complexity index is 632. The predicted octanol–water partition coefficient (Wildman–Crippen LogP) is 2.59. The molecule has 1 fully saturated rings. The van der Waals surface area contributed by atoms with Gasteiger partial charge in [0.2, 0.25) is 0 Å². The van der Waals surface area contributed by atoms with Crippen LogP contribution in [-0.2, 0) is 6.54 Å². The number of aromatic nitrogens is 2. The van der Waals surface area contributed by atoms with Gasteiger partial charge in [-0.15, -0.1) is 0 Å². The lowest BCUT2D eigenvalue weighted by molar-refractivity contribution is 0.200. The Hall–Kier alpha value is -2.41. The van der Waals surface area contributed by atoms with Crippen molar-refractivity contribution >= 4 is 11.8 Å². The molecule has 1 N–H and O–H groups in total. The standard InChI is InChI=1S/C17H23N5O2/c1-21(13-14-5-2-3-9-18-14)15-6-4-10-22(11-7-15)17(23)19-16-8-12-24-20-16/h2-3,5,8-9,12,15H,4,6-7,10-11,13H2,1H3,(H,19,20,23). The number of pyridine rings is 1. The second-order valence-electron chi connectivity index (χ2n) is 6.12. The lowest BCUT2D eigenvalue weighted by atomic mass is 10.1. The lowest BCUT2D eigenvalue weighted by Gasteiger charge is -2.27. The maximum Gasteiger partial charge on any atom is 0.323 e. The molecule has 0 aliphatic carbocycles. The second kappa shape index (κ2) is 7.92. The number of anilines is 1. The number of hydrogen-bond acceptors (Lipinski definition) is 5. The third kappa shape index (κ3) is 4.32. The van der Waals surface area contributed by atoms with Crippen LogP contribution < -0.4 is 5.32 Å². The highest BCUT2D eigenvalue weighted by Crippen LogP contribution is 2.18. The van der Waals surface area contributed by atoms with Crippen molar-refractivity contribution in [2.45, 2.75) is 31.8 Å². The minimum atomic E-state index is -0.114. The van der Waals surface area contributed by atoms with Crippen molar-refractivity contribution in [3.8, 4) is 0 Å². The molecule has 7 nitrogen and oxygen atoms in total. The van der Waals surface area contributed by atoms with E-state index in [0.717, 1.165) is 44.6 Å². The SMILES string of the molecule is CN(Cc1ccccn1)C1CCCN(C(=O)Nc2ccon2)CC1. The zero-order chi connectivity index (χ0) is 16.8. The summed E-state index contributed by atoms with van der Waals surface area (Å²) in [6.07, 6.45) is 6.29. The summed E-state index contributed by atoms with van der Waals surface area (Å²) in [6.45, 7) is 2.33. The van der Waals surface area contributed by atoms with Gasteiger partial charge in [0, 0.05) is 37.9 Å². The van der Waals surface area contributed by atoms with Crippen molar-refractivity contribution < 1.29 is 9.32 Å². The number of likely N-dealkylation sites (tertiary alicyclic amines) is 1. The molecule has 24 heavy (non-hydrogen) atoms. The number of hydrogen-bond donors (Lipinski definition) is 1. The van der Waals surface area contributed by atoms with Crippen LogP contribution in [0.2, 0.25) is 0 Å². The van der Waals surface area contributed by atoms with Crippen molar-refractivity contribution in [3.63, 3.8) is 0 Å². The Balaban J connectivity index is 1.51. The zero-order valence-electron chi connectivity index (χ0n) is 13.9. The van der Waals surface area contributed by atoms with Gasteiger partial charge in [-0.25, -0.2) is 4.79 Å². The van der Waals surface area contributed by atoms with Gasteiger partial charge in [0.05, 0.1) is 5.69 Å². The van der Waals surface area contributed by atoms with Crippen LogP contribution in [0.3, 0.4) is 0 Å². The van der Waals surface area contributed by atoms with Gasteiger partial charge >= 0.3 is 6.03 Å². The molecule has 2 aromatic heterocycles. The van der Waals surface area contributed by atoms with E-state index in [1.807, 2.05) is 29.3 Å². The highest BCUT2D eigenvalue weighted by Gasteiger charge is 2.23. The van der Waals surface area contributed by atoms with E-state index in [-0.39, 0.29) is 6.03 Å². The monoisotopic (exact) mass is 329 g/mol. The van der Waals surface area contributed by atoms with E-state index in [1.54, 1.807) is 6.07 Å². The van der Waals surface area contributed by atoms with E-state index in [4.69, 9.17) is 4.52 Å². The summed E-state index contributed by atoms with van der Waals surface area (Å²) in [5.41, 5.74) is 1.07. The number of carbonyl (C=O) groups excluding carboxylic acids is 1. The molecule has 2 amide bonds. The molecule has 0 spiro atoms. The molecule has 1 unspecified atom stereocenters. The molecular formula is C17H23N5O2. The van der Waals surface area contributed by atoms with Crippen molar-refractivity contribution in [2.24, 2.45) is 0 Å².